The number of pyridine rings is 1. The van der Waals surface area contributed by atoms with Crippen LogP contribution in [0.1, 0.15) is 0 Å². The van der Waals surface area contributed by atoms with Crippen LogP contribution in [0.3, 0.4) is 0 Å². The second kappa shape index (κ2) is 4.32. The molecule has 0 bridgehead atoms. The number of rotatable bonds is 2. The average Bonchev–Trinajstić information content (AvgIpc) is 2.34. The Labute approximate surface area is 114 Å². The predicted octanol–water partition coefficient (Wildman–Crippen LogP) is 2.28. The summed E-state index contributed by atoms with van der Waals surface area (Å²) in [7, 11) is -4.56. The van der Waals surface area contributed by atoms with Gasteiger partial charge in [-0.1, -0.05) is 0 Å². The molecule has 0 saturated carbocycles. The third-order valence-corrected chi connectivity index (χ3v) is 3.17. The minimum absolute atomic E-state index is 0.0352. The molecule has 6 nitrogen and oxygen atoms in total. The minimum Gasteiger partial charge on any atom is -0.508 e. The number of hydrogen-bond donors (Lipinski definition) is 2. The minimum atomic E-state index is -4.56. The molecule has 0 amide bonds. The van der Waals surface area contributed by atoms with Gasteiger partial charge in [0.05, 0.1) is 11.0 Å². The van der Waals surface area contributed by atoms with Crippen LogP contribution in [0.25, 0.3) is 21.8 Å². The van der Waals surface area contributed by atoms with Crippen molar-refractivity contribution in [2.75, 3.05) is 0 Å². The fraction of sp³-hybridized carbons (Fsp3) is 0. The van der Waals surface area contributed by atoms with E-state index in [1.165, 1.54) is 18.2 Å². The first-order chi connectivity index (χ1) is 9.40. The zero-order valence-corrected chi connectivity index (χ0v) is 10.8. The number of aromatic nitrogens is 1. The van der Waals surface area contributed by atoms with Crippen LogP contribution < -0.4 is 4.18 Å². The Balaban J connectivity index is 2.20. The fourth-order valence-corrected chi connectivity index (χ4v) is 2.31. The zero-order chi connectivity index (χ0) is 14.3. The van der Waals surface area contributed by atoms with Crippen LogP contribution in [0.2, 0.25) is 0 Å². The quantitative estimate of drug-likeness (QED) is 0.555. The summed E-state index contributed by atoms with van der Waals surface area (Å²) in [5, 5.41) is 11.1. The smallest absolute Gasteiger partial charge is 0.446 e. The lowest BCUT2D eigenvalue weighted by molar-refractivity contribution is 0.387. The number of aromatic hydroxyl groups is 1. The van der Waals surface area contributed by atoms with Crippen molar-refractivity contribution >= 4 is 32.2 Å². The van der Waals surface area contributed by atoms with Crippen molar-refractivity contribution in [3.8, 4) is 11.5 Å². The average molecular weight is 291 g/mol. The van der Waals surface area contributed by atoms with E-state index in [9.17, 15) is 13.5 Å². The molecule has 0 spiro atoms. The first-order valence-corrected chi connectivity index (χ1v) is 6.98. The zero-order valence-electron chi connectivity index (χ0n) is 10.0. The second-order valence-electron chi connectivity index (χ2n) is 4.23. The lowest BCUT2D eigenvalue weighted by atomic mass is 10.1. The van der Waals surface area contributed by atoms with Crippen molar-refractivity contribution in [3.63, 3.8) is 0 Å². The topological polar surface area (TPSA) is 96.7 Å². The largest absolute Gasteiger partial charge is 0.508 e. The Bertz CT molecular complexity index is 921. The summed E-state index contributed by atoms with van der Waals surface area (Å²) in [6, 6.07) is 11.1. The molecular formula is C13H9NO5S. The molecule has 0 aliphatic rings. The van der Waals surface area contributed by atoms with Gasteiger partial charge in [-0.2, -0.15) is 8.42 Å². The monoisotopic (exact) mass is 291 g/mol. The molecule has 0 aliphatic heterocycles. The van der Waals surface area contributed by atoms with Crippen LogP contribution in [0.4, 0.5) is 0 Å². The molecule has 3 rings (SSSR count). The van der Waals surface area contributed by atoms with Gasteiger partial charge in [0.25, 0.3) is 0 Å². The maximum Gasteiger partial charge on any atom is 0.446 e. The molecule has 0 aliphatic carbocycles. The molecule has 0 saturated heterocycles. The summed E-state index contributed by atoms with van der Waals surface area (Å²) in [6.07, 6.45) is 0. The van der Waals surface area contributed by atoms with E-state index in [2.05, 4.69) is 9.17 Å². The third kappa shape index (κ3) is 2.49. The highest BCUT2D eigenvalue weighted by Crippen LogP contribution is 2.26. The van der Waals surface area contributed by atoms with Crippen LogP contribution in [-0.4, -0.2) is 23.1 Å². The number of nitrogens with zero attached hydrogens (tertiary/aromatic N) is 1. The Hall–Kier alpha value is -2.38. The number of phenols is 1. The lowest BCUT2D eigenvalue weighted by Gasteiger charge is -2.05. The van der Waals surface area contributed by atoms with Crippen molar-refractivity contribution in [1.82, 2.24) is 4.98 Å². The Morgan fingerprint density at radius 2 is 1.60 bits per heavy atom. The molecule has 2 aromatic carbocycles. The van der Waals surface area contributed by atoms with Gasteiger partial charge in [0.15, 0.2) is 0 Å². The molecule has 0 radical (unpaired) electrons. The summed E-state index contributed by atoms with van der Waals surface area (Å²) < 4.78 is 34.4. The fourth-order valence-electron chi connectivity index (χ4n) is 1.96. The molecular weight excluding hydrogens is 282 g/mol. The summed E-state index contributed by atoms with van der Waals surface area (Å²) in [5.74, 6) is 0.0571. The van der Waals surface area contributed by atoms with Crippen molar-refractivity contribution in [1.29, 1.82) is 0 Å². The molecule has 0 fully saturated rings. The van der Waals surface area contributed by atoms with E-state index in [4.69, 9.17) is 4.55 Å². The van der Waals surface area contributed by atoms with E-state index in [0.29, 0.717) is 11.0 Å². The number of hydrogen-bond acceptors (Lipinski definition) is 5. The Morgan fingerprint density at radius 3 is 2.30 bits per heavy atom. The van der Waals surface area contributed by atoms with Crippen molar-refractivity contribution in [3.05, 3.63) is 42.5 Å². The Kier molecular flexibility index (Phi) is 2.73. The van der Waals surface area contributed by atoms with Crippen LogP contribution in [0.5, 0.6) is 11.5 Å². The van der Waals surface area contributed by atoms with Gasteiger partial charge in [0.1, 0.15) is 11.5 Å². The van der Waals surface area contributed by atoms with E-state index in [-0.39, 0.29) is 11.5 Å². The standard InChI is InChI=1S/C13H9NO5S/c15-10-3-1-8-5-9-2-4-11(19-20(16,17)18)7-13(9)14-12(8)6-10/h1-7,15H,(H,16,17,18). The number of phenolic OH excluding ortho intramolecular Hbond substituents is 1. The van der Waals surface area contributed by atoms with Gasteiger partial charge in [-0.15, -0.1) is 0 Å². The molecule has 3 aromatic rings. The van der Waals surface area contributed by atoms with E-state index in [0.717, 1.165) is 10.8 Å². The molecule has 20 heavy (non-hydrogen) atoms. The van der Waals surface area contributed by atoms with E-state index in [1.807, 2.05) is 6.07 Å². The number of fused-ring (bicyclic) bond motifs is 2. The summed E-state index contributed by atoms with van der Waals surface area (Å²) in [4.78, 5) is 4.31. The van der Waals surface area contributed by atoms with Crippen LogP contribution >= 0.6 is 0 Å². The van der Waals surface area contributed by atoms with Gasteiger partial charge in [-0.25, -0.2) is 4.98 Å². The highest BCUT2D eigenvalue weighted by molar-refractivity contribution is 7.81. The van der Waals surface area contributed by atoms with Gasteiger partial charge >= 0.3 is 10.4 Å². The first-order valence-electron chi connectivity index (χ1n) is 5.61. The molecule has 1 aromatic heterocycles. The van der Waals surface area contributed by atoms with Gasteiger partial charge in [0, 0.05) is 22.9 Å². The lowest BCUT2D eigenvalue weighted by Crippen LogP contribution is -2.06. The van der Waals surface area contributed by atoms with Crippen LogP contribution in [0.15, 0.2) is 42.5 Å². The van der Waals surface area contributed by atoms with E-state index in [1.54, 1.807) is 18.2 Å². The van der Waals surface area contributed by atoms with Crippen molar-refractivity contribution in [2.24, 2.45) is 0 Å². The van der Waals surface area contributed by atoms with Gasteiger partial charge in [0.2, 0.25) is 0 Å². The third-order valence-electron chi connectivity index (χ3n) is 2.77. The molecule has 102 valence electrons. The van der Waals surface area contributed by atoms with Crippen LogP contribution in [-0.2, 0) is 10.4 Å². The van der Waals surface area contributed by atoms with Gasteiger partial charge in [-0.3, -0.25) is 4.55 Å². The maximum absolute atomic E-state index is 10.7. The normalized spacial score (nSPS) is 11.8. The summed E-state index contributed by atoms with van der Waals surface area (Å²) in [5.41, 5.74) is 1.06. The predicted molar refractivity (Wildman–Crippen MR) is 73.1 cm³/mol. The summed E-state index contributed by atoms with van der Waals surface area (Å²) in [6.45, 7) is 0. The highest BCUT2D eigenvalue weighted by Gasteiger charge is 2.08. The second-order valence-corrected chi connectivity index (χ2v) is 5.25. The first kappa shape index (κ1) is 12.6. The molecule has 0 unspecified atom stereocenters. The van der Waals surface area contributed by atoms with Crippen LogP contribution in [0, 0.1) is 0 Å². The molecule has 0 atom stereocenters. The molecule has 7 heteroatoms. The van der Waals surface area contributed by atoms with E-state index >= 15 is 0 Å². The van der Waals surface area contributed by atoms with Gasteiger partial charge in [-0.05, 0) is 30.3 Å². The SMILES string of the molecule is O=S(=O)(O)Oc1ccc2cc3ccc(O)cc3nc2c1. The number of benzene rings is 2. The summed E-state index contributed by atoms with van der Waals surface area (Å²) >= 11 is 0. The highest BCUT2D eigenvalue weighted by atomic mass is 32.3. The maximum atomic E-state index is 10.7. The Morgan fingerprint density at radius 1 is 0.950 bits per heavy atom. The van der Waals surface area contributed by atoms with Crippen molar-refractivity contribution < 1.29 is 22.3 Å². The van der Waals surface area contributed by atoms with Crippen molar-refractivity contribution in [2.45, 2.75) is 0 Å². The van der Waals surface area contributed by atoms with E-state index < -0.39 is 10.4 Å². The molecule has 2 N–H and O–H groups in total. The van der Waals surface area contributed by atoms with Gasteiger partial charge < -0.3 is 9.29 Å². The molecule has 1 heterocycles.